The molecule has 1 aliphatic heterocycles. The lowest BCUT2D eigenvalue weighted by molar-refractivity contribution is -0.121. The third-order valence-corrected chi connectivity index (χ3v) is 5.45. The van der Waals surface area contributed by atoms with Gasteiger partial charge in [0.2, 0.25) is 5.91 Å². The van der Waals surface area contributed by atoms with Crippen LogP contribution in [0.3, 0.4) is 0 Å². The molecule has 1 N–H and O–H groups in total. The first-order valence-electron chi connectivity index (χ1n) is 9.47. The molecule has 2 aromatic rings. The van der Waals surface area contributed by atoms with Gasteiger partial charge in [-0.05, 0) is 48.4 Å². The lowest BCUT2D eigenvalue weighted by Crippen LogP contribution is -2.28. The minimum absolute atomic E-state index is 0.114. The third kappa shape index (κ3) is 3.36. The van der Waals surface area contributed by atoms with E-state index in [4.69, 9.17) is 0 Å². The number of amides is 2. The van der Waals surface area contributed by atoms with Crippen LogP contribution in [0.2, 0.25) is 0 Å². The average molecular weight is 348 g/mol. The van der Waals surface area contributed by atoms with Gasteiger partial charge in [-0.3, -0.25) is 9.59 Å². The van der Waals surface area contributed by atoms with Gasteiger partial charge in [0.1, 0.15) is 0 Å². The fraction of sp³-hybridized carbons (Fsp3) is 0.364. The molecule has 0 saturated carbocycles. The van der Waals surface area contributed by atoms with Crippen molar-refractivity contribution in [1.29, 1.82) is 0 Å². The van der Waals surface area contributed by atoms with E-state index in [0.717, 1.165) is 36.8 Å². The van der Waals surface area contributed by atoms with Gasteiger partial charge in [0.05, 0.1) is 6.04 Å². The number of nitrogens with one attached hydrogen (secondary N) is 1. The van der Waals surface area contributed by atoms with Gasteiger partial charge in [0.25, 0.3) is 5.91 Å². The molecule has 0 aromatic heterocycles. The third-order valence-electron chi connectivity index (χ3n) is 5.45. The van der Waals surface area contributed by atoms with Crippen LogP contribution in [0.25, 0.3) is 0 Å². The first kappa shape index (κ1) is 16.8. The van der Waals surface area contributed by atoms with E-state index in [1.54, 1.807) is 0 Å². The van der Waals surface area contributed by atoms with Crippen molar-refractivity contribution in [2.45, 2.75) is 44.7 Å². The molecule has 4 nitrogen and oxygen atoms in total. The molecule has 0 fully saturated rings. The summed E-state index contributed by atoms with van der Waals surface area (Å²) in [7, 11) is 0. The normalized spacial score (nSPS) is 17.9. The van der Waals surface area contributed by atoms with Gasteiger partial charge in [-0.2, -0.15) is 0 Å². The van der Waals surface area contributed by atoms with Crippen molar-refractivity contribution in [3.8, 4) is 0 Å². The summed E-state index contributed by atoms with van der Waals surface area (Å²) in [6.07, 6.45) is 4.22. The summed E-state index contributed by atoms with van der Waals surface area (Å²) in [4.78, 5) is 26.5. The van der Waals surface area contributed by atoms with Crippen molar-refractivity contribution in [1.82, 2.24) is 10.2 Å². The van der Waals surface area contributed by atoms with Gasteiger partial charge in [0.15, 0.2) is 0 Å². The van der Waals surface area contributed by atoms with Crippen molar-refractivity contribution in [3.05, 3.63) is 70.8 Å². The Morgan fingerprint density at radius 1 is 1.04 bits per heavy atom. The first-order chi connectivity index (χ1) is 12.7. The number of aryl methyl sites for hydroxylation is 1. The topological polar surface area (TPSA) is 49.4 Å². The van der Waals surface area contributed by atoms with E-state index < -0.39 is 0 Å². The molecule has 1 unspecified atom stereocenters. The maximum atomic E-state index is 12.3. The lowest BCUT2D eigenvalue weighted by Gasteiger charge is -2.16. The van der Waals surface area contributed by atoms with E-state index in [0.29, 0.717) is 19.5 Å². The van der Waals surface area contributed by atoms with Crippen LogP contribution < -0.4 is 5.32 Å². The smallest absolute Gasteiger partial charge is 0.254 e. The van der Waals surface area contributed by atoms with E-state index in [2.05, 4.69) is 23.5 Å². The maximum Gasteiger partial charge on any atom is 0.254 e. The number of hydrogen-bond acceptors (Lipinski definition) is 2. The van der Waals surface area contributed by atoms with Crippen molar-refractivity contribution in [2.75, 3.05) is 6.54 Å². The number of fused-ring (bicyclic) bond motifs is 2. The molecule has 0 saturated heterocycles. The Labute approximate surface area is 154 Å². The summed E-state index contributed by atoms with van der Waals surface area (Å²) >= 11 is 0. The van der Waals surface area contributed by atoms with Crippen LogP contribution >= 0.6 is 0 Å². The number of nitrogens with zero attached hydrogens (tertiary/aromatic N) is 1. The molecule has 0 bridgehead atoms. The van der Waals surface area contributed by atoms with Crippen LogP contribution in [0.1, 0.15) is 58.8 Å². The molecule has 2 aliphatic rings. The van der Waals surface area contributed by atoms with E-state index in [-0.39, 0.29) is 17.9 Å². The van der Waals surface area contributed by atoms with Gasteiger partial charge in [-0.25, -0.2) is 0 Å². The Kier molecular flexibility index (Phi) is 4.74. The lowest BCUT2D eigenvalue weighted by atomic mass is 10.1. The summed E-state index contributed by atoms with van der Waals surface area (Å²) in [5.74, 6) is 0.232. The molecular formula is C22H24N2O2. The molecule has 26 heavy (non-hydrogen) atoms. The number of unbranched alkanes of at least 4 members (excludes halogenated alkanes) is 1. The number of carbonyl (C=O) groups is 2. The van der Waals surface area contributed by atoms with Crippen LogP contribution in [0.4, 0.5) is 0 Å². The highest BCUT2D eigenvalue weighted by Gasteiger charge is 2.26. The summed E-state index contributed by atoms with van der Waals surface area (Å²) in [6.45, 7) is 1.41. The fourth-order valence-electron chi connectivity index (χ4n) is 4.06. The average Bonchev–Trinajstić information content (AvgIpc) is 3.21. The SMILES string of the molecule is O=C(CCCCN1Cc2ccccc2C1=O)NC1CCc2ccccc21. The predicted molar refractivity (Wildman–Crippen MR) is 101 cm³/mol. The fourth-order valence-corrected chi connectivity index (χ4v) is 4.06. The van der Waals surface area contributed by atoms with Crippen LogP contribution in [0, 0.1) is 0 Å². The van der Waals surface area contributed by atoms with E-state index in [1.807, 2.05) is 35.2 Å². The molecule has 2 aromatic carbocycles. The van der Waals surface area contributed by atoms with Crippen molar-refractivity contribution >= 4 is 11.8 Å². The molecule has 0 spiro atoms. The highest BCUT2D eigenvalue weighted by Crippen LogP contribution is 2.30. The van der Waals surface area contributed by atoms with Gasteiger partial charge in [-0.15, -0.1) is 0 Å². The molecule has 4 rings (SSSR count). The van der Waals surface area contributed by atoms with Crippen LogP contribution in [0.15, 0.2) is 48.5 Å². The summed E-state index contributed by atoms with van der Waals surface area (Å²) in [5.41, 5.74) is 4.55. The minimum atomic E-state index is 0.114. The molecule has 2 amide bonds. The standard InChI is InChI=1S/C22H24N2O2/c25-21(23-20-13-12-16-7-1-3-9-18(16)20)11-5-6-14-24-15-17-8-2-4-10-19(17)22(24)26/h1-4,7-10,20H,5-6,11-15H2,(H,23,25). The molecule has 1 atom stereocenters. The van der Waals surface area contributed by atoms with Crippen LogP contribution in [0.5, 0.6) is 0 Å². The van der Waals surface area contributed by atoms with Crippen molar-refractivity contribution < 1.29 is 9.59 Å². The molecular weight excluding hydrogens is 324 g/mol. The van der Waals surface area contributed by atoms with Gasteiger partial charge >= 0.3 is 0 Å². The quantitative estimate of drug-likeness (QED) is 0.811. The largest absolute Gasteiger partial charge is 0.349 e. The van der Waals surface area contributed by atoms with E-state index >= 15 is 0 Å². The van der Waals surface area contributed by atoms with E-state index in [1.165, 1.54) is 11.1 Å². The first-order valence-corrected chi connectivity index (χ1v) is 9.47. The number of benzene rings is 2. The molecule has 4 heteroatoms. The Morgan fingerprint density at radius 2 is 1.81 bits per heavy atom. The number of hydrogen-bond donors (Lipinski definition) is 1. The second-order valence-corrected chi connectivity index (χ2v) is 7.20. The van der Waals surface area contributed by atoms with Crippen LogP contribution in [-0.4, -0.2) is 23.3 Å². The van der Waals surface area contributed by atoms with Crippen LogP contribution in [-0.2, 0) is 17.8 Å². The number of rotatable bonds is 6. The Morgan fingerprint density at radius 3 is 2.65 bits per heavy atom. The number of carbonyl (C=O) groups excluding carboxylic acids is 2. The predicted octanol–water partition coefficient (Wildman–Crippen LogP) is 3.62. The summed E-state index contributed by atoms with van der Waals surface area (Å²) in [5, 5.41) is 3.17. The Hall–Kier alpha value is -2.62. The zero-order valence-corrected chi connectivity index (χ0v) is 14.9. The van der Waals surface area contributed by atoms with Gasteiger partial charge < -0.3 is 10.2 Å². The minimum Gasteiger partial charge on any atom is -0.349 e. The Balaban J connectivity index is 1.20. The van der Waals surface area contributed by atoms with Crippen molar-refractivity contribution in [2.24, 2.45) is 0 Å². The second-order valence-electron chi connectivity index (χ2n) is 7.20. The molecule has 1 aliphatic carbocycles. The molecule has 134 valence electrons. The van der Waals surface area contributed by atoms with E-state index in [9.17, 15) is 9.59 Å². The highest BCUT2D eigenvalue weighted by molar-refractivity contribution is 5.98. The zero-order chi connectivity index (χ0) is 17.9. The monoisotopic (exact) mass is 348 g/mol. The maximum absolute atomic E-state index is 12.3. The Bertz CT molecular complexity index is 830. The summed E-state index contributed by atoms with van der Waals surface area (Å²) < 4.78 is 0. The molecule has 0 radical (unpaired) electrons. The van der Waals surface area contributed by atoms with Crippen molar-refractivity contribution in [3.63, 3.8) is 0 Å². The second kappa shape index (κ2) is 7.32. The summed E-state index contributed by atoms with van der Waals surface area (Å²) in [6, 6.07) is 16.3. The zero-order valence-electron chi connectivity index (χ0n) is 14.9. The van der Waals surface area contributed by atoms with Gasteiger partial charge in [0, 0.05) is 25.1 Å². The highest BCUT2D eigenvalue weighted by atomic mass is 16.2. The molecule has 1 heterocycles. The van der Waals surface area contributed by atoms with Gasteiger partial charge in [-0.1, -0.05) is 42.5 Å².